The lowest BCUT2D eigenvalue weighted by Gasteiger charge is -2.51. The molecule has 2 unspecified atom stereocenters. The molecule has 1 amide bonds. The number of fused-ring (bicyclic) bond motifs is 4. The summed E-state index contributed by atoms with van der Waals surface area (Å²) in [6, 6.07) is 14.7. The van der Waals surface area contributed by atoms with E-state index in [4.69, 9.17) is 16.3 Å². The second-order valence-corrected chi connectivity index (χ2v) is 9.93. The molecule has 1 aromatic heterocycles. The van der Waals surface area contributed by atoms with Gasteiger partial charge in [-0.25, -0.2) is 0 Å². The molecule has 0 radical (unpaired) electrons. The van der Waals surface area contributed by atoms with Crippen LogP contribution in [0.25, 0.3) is 10.9 Å². The number of rotatable bonds is 3. The van der Waals surface area contributed by atoms with E-state index in [0.29, 0.717) is 11.8 Å². The number of hydrogen-bond acceptors (Lipinski definition) is 2. The number of methoxy groups -OCH3 is 1. The highest BCUT2D eigenvalue weighted by Crippen LogP contribution is 2.50. The molecule has 1 N–H and O–H groups in total. The van der Waals surface area contributed by atoms with Gasteiger partial charge in [-0.05, 0) is 73.4 Å². The van der Waals surface area contributed by atoms with E-state index in [-0.39, 0.29) is 11.3 Å². The van der Waals surface area contributed by atoms with Crippen LogP contribution in [0.3, 0.4) is 0 Å². The predicted molar refractivity (Wildman–Crippen MR) is 123 cm³/mol. The Hall–Kier alpha value is -2.46. The molecule has 0 spiro atoms. The lowest BCUT2D eigenvalue weighted by atomic mass is 9.58. The zero-order valence-corrected chi connectivity index (χ0v) is 18.5. The second kappa shape index (κ2) is 7.03. The predicted octanol–water partition coefficient (Wildman–Crippen LogP) is 5.13. The average Bonchev–Trinajstić information content (AvgIpc) is 3.58. The molecule has 0 bridgehead atoms. The zero-order chi connectivity index (χ0) is 21.2. The maximum atomic E-state index is 12.9. The number of aromatic amines is 1. The summed E-state index contributed by atoms with van der Waals surface area (Å²) in [6.07, 6.45) is 4.97. The maximum Gasteiger partial charge on any atom is 0.225 e. The third-order valence-corrected chi connectivity index (χ3v) is 8.16. The lowest BCUT2D eigenvalue weighted by molar-refractivity contribution is -0.135. The normalized spacial score (nSPS) is 25.2. The van der Waals surface area contributed by atoms with E-state index in [1.165, 1.54) is 16.8 Å². The molecule has 3 aliphatic rings. The summed E-state index contributed by atoms with van der Waals surface area (Å²) in [5.41, 5.74) is 5.07. The van der Waals surface area contributed by atoms with Gasteiger partial charge in [-0.3, -0.25) is 4.79 Å². The van der Waals surface area contributed by atoms with E-state index < -0.39 is 0 Å². The first-order valence-corrected chi connectivity index (χ1v) is 11.7. The van der Waals surface area contributed by atoms with Crippen molar-refractivity contribution in [2.45, 2.75) is 37.5 Å². The molecule has 31 heavy (non-hydrogen) atoms. The number of ether oxygens (including phenoxy) is 1. The van der Waals surface area contributed by atoms with E-state index in [9.17, 15) is 4.79 Å². The highest BCUT2D eigenvalue weighted by molar-refractivity contribution is 6.35. The third-order valence-electron chi connectivity index (χ3n) is 7.84. The molecule has 2 atom stereocenters. The van der Waals surface area contributed by atoms with Crippen LogP contribution in [0.2, 0.25) is 5.02 Å². The van der Waals surface area contributed by atoms with Crippen molar-refractivity contribution < 1.29 is 9.53 Å². The SMILES string of the molecule is COc1cccc(C23CCN(C(=O)C4CC4)CC2Cc2c([nH]c4cccc(Cl)c24)C3)c1. The summed E-state index contributed by atoms with van der Waals surface area (Å²) in [4.78, 5) is 18.7. The number of halogens is 1. The number of hydrogen-bond donors (Lipinski definition) is 1. The van der Waals surface area contributed by atoms with Gasteiger partial charge >= 0.3 is 0 Å². The van der Waals surface area contributed by atoms with Crippen LogP contribution in [0.1, 0.15) is 36.1 Å². The number of aromatic nitrogens is 1. The second-order valence-electron chi connectivity index (χ2n) is 9.52. The highest BCUT2D eigenvalue weighted by Gasteiger charge is 2.50. The van der Waals surface area contributed by atoms with Gasteiger partial charge in [0.15, 0.2) is 0 Å². The number of nitrogens with one attached hydrogen (secondary N) is 1. The third kappa shape index (κ3) is 2.99. The zero-order valence-electron chi connectivity index (χ0n) is 17.8. The molecule has 160 valence electrons. The van der Waals surface area contributed by atoms with Gasteiger partial charge in [0.05, 0.1) is 12.1 Å². The van der Waals surface area contributed by atoms with Crippen molar-refractivity contribution in [3.8, 4) is 5.75 Å². The molecule has 2 aromatic carbocycles. The van der Waals surface area contributed by atoms with Crippen LogP contribution in [-0.4, -0.2) is 36.0 Å². The summed E-state index contributed by atoms with van der Waals surface area (Å²) < 4.78 is 5.56. The van der Waals surface area contributed by atoms with E-state index in [1.54, 1.807) is 7.11 Å². The molecule has 1 aliphatic heterocycles. The molecule has 2 heterocycles. The van der Waals surface area contributed by atoms with Crippen LogP contribution in [0.15, 0.2) is 42.5 Å². The number of benzene rings is 2. The molecular formula is C26H27ClN2O2. The van der Waals surface area contributed by atoms with Gasteiger partial charge in [0.2, 0.25) is 5.91 Å². The summed E-state index contributed by atoms with van der Waals surface area (Å²) in [5.74, 6) is 1.89. The van der Waals surface area contributed by atoms with Crippen molar-refractivity contribution in [1.29, 1.82) is 0 Å². The van der Waals surface area contributed by atoms with E-state index >= 15 is 0 Å². The van der Waals surface area contributed by atoms with E-state index in [0.717, 1.165) is 66.9 Å². The van der Waals surface area contributed by atoms with Crippen molar-refractivity contribution in [2.24, 2.45) is 11.8 Å². The number of likely N-dealkylation sites (tertiary alicyclic amines) is 1. The summed E-state index contributed by atoms with van der Waals surface area (Å²) in [6.45, 7) is 1.66. The van der Waals surface area contributed by atoms with E-state index in [1.807, 2.05) is 18.2 Å². The Balaban J connectivity index is 1.47. The molecule has 1 saturated heterocycles. The quantitative estimate of drug-likeness (QED) is 0.621. The molecular weight excluding hydrogens is 408 g/mol. The number of piperidine rings is 1. The summed E-state index contributed by atoms with van der Waals surface area (Å²) >= 11 is 6.63. The Kier molecular flexibility index (Phi) is 4.36. The highest BCUT2D eigenvalue weighted by atomic mass is 35.5. The molecule has 2 fully saturated rings. The van der Waals surface area contributed by atoms with Crippen LogP contribution >= 0.6 is 11.6 Å². The smallest absolute Gasteiger partial charge is 0.225 e. The molecule has 6 rings (SSSR count). The fourth-order valence-electron chi connectivity index (χ4n) is 6.03. The molecule has 1 saturated carbocycles. The maximum absolute atomic E-state index is 12.9. The van der Waals surface area contributed by atoms with Gasteiger partial charge in [-0.1, -0.05) is 29.8 Å². The number of H-pyrrole nitrogens is 1. The molecule has 2 aliphatic carbocycles. The first-order chi connectivity index (χ1) is 15.1. The van der Waals surface area contributed by atoms with Crippen LogP contribution in [-0.2, 0) is 23.1 Å². The van der Waals surface area contributed by atoms with Gasteiger partial charge in [-0.2, -0.15) is 0 Å². The van der Waals surface area contributed by atoms with Crippen molar-refractivity contribution >= 4 is 28.4 Å². The fraction of sp³-hybridized carbons (Fsp3) is 0.423. The minimum Gasteiger partial charge on any atom is -0.497 e. The lowest BCUT2D eigenvalue weighted by Crippen LogP contribution is -2.55. The molecule has 4 nitrogen and oxygen atoms in total. The molecule has 3 aromatic rings. The van der Waals surface area contributed by atoms with Gasteiger partial charge in [-0.15, -0.1) is 0 Å². The largest absolute Gasteiger partial charge is 0.497 e. The van der Waals surface area contributed by atoms with Gasteiger partial charge < -0.3 is 14.6 Å². The first kappa shape index (κ1) is 19.2. The Bertz CT molecular complexity index is 1180. The van der Waals surface area contributed by atoms with Crippen LogP contribution in [0.4, 0.5) is 0 Å². The number of carbonyl (C=O) groups is 1. The van der Waals surface area contributed by atoms with Crippen LogP contribution in [0.5, 0.6) is 5.75 Å². The van der Waals surface area contributed by atoms with Gasteiger partial charge in [0, 0.05) is 41.0 Å². The fourth-order valence-corrected chi connectivity index (χ4v) is 6.32. The minimum absolute atomic E-state index is 0.00474. The number of amides is 1. The topological polar surface area (TPSA) is 45.3 Å². The first-order valence-electron chi connectivity index (χ1n) is 11.3. The summed E-state index contributed by atoms with van der Waals surface area (Å²) in [7, 11) is 1.73. The standard InChI is InChI=1S/C26H27ClN2O2/c1-31-19-5-2-4-17(12-19)26-10-11-29(25(30)16-8-9-16)15-18(26)13-20-23(14-26)28-22-7-3-6-21(27)24(20)22/h2-7,12,16,18,28H,8-11,13-15H2,1H3. The van der Waals surface area contributed by atoms with Gasteiger partial charge in [0.1, 0.15) is 5.75 Å². The van der Waals surface area contributed by atoms with E-state index in [2.05, 4.69) is 34.1 Å². The Morgan fingerprint density at radius 2 is 2.06 bits per heavy atom. The van der Waals surface area contributed by atoms with Crippen LogP contribution < -0.4 is 4.74 Å². The Morgan fingerprint density at radius 1 is 1.23 bits per heavy atom. The van der Waals surface area contributed by atoms with Crippen molar-refractivity contribution in [3.63, 3.8) is 0 Å². The van der Waals surface area contributed by atoms with Crippen molar-refractivity contribution in [2.75, 3.05) is 20.2 Å². The Labute approximate surface area is 187 Å². The average molecular weight is 435 g/mol. The van der Waals surface area contributed by atoms with Gasteiger partial charge in [0.25, 0.3) is 0 Å². The number of nitrogens with zero attached hydrogens (tertiary/aromatic N) is 1. The minimum atomic E-state index is -0.00474. The number of carbonyl (C=O) groups excluding carboxylic acids is 1. The van der Waals surface area contributed by atoms with Crippen LogP contribution in [0, 0.1) is 11.8 Å². The summed E-state index contributed by atoms with van der Waals surface area (Å²) in [5, 5.41) is 1.97. The monoisotopic (exact) mass is 434 g/mol. The van der Waals surface area contributed by atoms with Crippen molar-refractivity contribution in [3.05, 3.63) is 64.3 Å². The Morgan fingerprint density at radius 3 is 2.87 bits per heavy atom. The molecule has 5 heteroatoms. The van der Waals surface area contributed by atoms with Crippen molar-refractivity contribution in [1.82, 2.24) is 9.88 Å².